The quantitative estimate of drug-likeness (QED) is 0.711. The number of ether oxygens (including phenoxy) is 1. The van der Waals surface area contributed by atoms with Crippen molar-refractivity contribution in [3.05, 3.63) is 71.8 Å². The van der Waals surface area contributed by atoms with Crippen molar-refractivity contribution >= 4 is 11.9 Å². The molecule has 2 rings (SSSR count). The fourth-order valence-corrected chi connectivity index (χ4v) is 2.43. The Kier molecular flexibility index (Phi) is 6.51. The summed E-state index contributed by atoms with van der Waals surface area (Å²) in [5, 5.41) is 18.4. The van der Waals surface area contributed by atoms with E-state index in [9.17, 15) is 15.3 Å². The standard InChI is InChI=1S/C21H18N2O2/c1-25-20-11-9-17(10-12-20)21(24)13-18(19(14-22)15-23)8-7-16-5-3-2-4-6-16/h2-12,18-19H,13H2,1H3/b8-7+/t18-/m1/s1. The Morgan fingerprint density at radius 2 is 1.72 bits per heavy atom. The molecule has 25 heavy (non-hydrogen) atoms. The number of carbonyl (C=O) groups is 1. The number of ketones is 1. The van der Waals surface area contributed by atoms with Gasteiger partial charge < -0.3 is 4.74 Å². The van der Waals surface area contributed by atoms with E-state index in [0.717, 1.165) is 5.56 Å². The molecule has 0 saturated carbocycles. The lowest BCUT2D eigenvalue weighted by Crippen LogP contribution is -2.14. The van der Waals surface area contributed by atoms with Gasteiger partial charge in [-0.05, 0) is 29.8 Å². The van der Waals surface area contributed by atoms with Gasteiger partial charge in [-0.3, -0.25) is 4.79 Å². The van der Waals surface area contributed by atoms with Gasteiger partial charge in [-0.25, -0.2) is 0 Å². The summed E-state index contributed by atoms with van der Waals surface area (Å²) in [5.41, 5.74) is 1.49. The Bertz CT molecular complexity index is 798. The normalized spacial score (nSPS) is 11.7. The molecule has 2 aromatic rings. The molecule has 0 heterocycles. The third-order valence-electron chi connectivity index (χ3n) is 3.87. The van der Waals surface area contributed by atoms with Gasteiger partial charge in [0.2, 0.25) is 0 Å². The maximum Gasteiger partial charge on any atom is 0.163 e. The third kappa shape index (κ3) is 5.06. The van der Waals surface area contributed by atoms with Crippen LogP contribution in [0.1, 0.15) is 22.3 Å². The van der Waals surface area contributed by atoms with Crippen LogP contribution in [0.5, 0.6) is 5.75 Å². The summed E-state index contributed by atoms with van der Waals surface area (Å²) >= 11 is 0. The zero-order valence-corrected chi connectivity index (χ0v) is 13.9. The maximum absolute atomic E-state index is 12.5. The first-order valence-corrected chi connectivity index (χ1v) is 7.87. The van der Waals surface area contributed by atoms with Gasteiger partial charge in [0.1, 0.15) is 11.7 Å². The van der Waals surface area contributed by atoms with Crippen molar-refractivity contribution in [2.24, 2.45) is 11.8 Å². The van der Waals surface area contributed by atoms with Crippen molar-refractivity contribution in [1.29, 1.82) is 10.5 Å². The molecule has 2 aromatic carbocycles. The molecule has 0 aliphatic heterocycles. The predicted molar refractivity (Wildman–Crippen MR) is 95.6 cm³/mol. The molecular formula is C21H18N2O2. The van der Waals surface area contributed by atoms with Crippen LogP contribution < -0.4 is 4.74 Å². The Balaban J connectivity index is 2.18. The number of hydrogen-bond acceptors (Lipinski definition) is 4. The number of rotatable bonds is 7. The van der Waals surface area contributed by atoms with E-state index < -0.39 is 11.8 Å². The van der Waals surface area contributed by atoms with Crippen molar-refractivity contribution in [2.45, 2.75) is 6.42 Å². The van der Waals surface area contributed by atoms with E-state index >= 15 is 0 Å². The van der Waals surface area contributed by atoms with Gasteiger partial charge in [0.05, 0.1) is 19.2 Å². The highest BCUT2D eigenvalue weighted by Gasteiger charge is 2.22. The fourth-order valence-electron chi connectivity index (χ4n) is 2.43. The van der Waals surface area contributed by atoms with Crippen molar-refractivity contribution in [2.75, 3.05) is 7.11 Å². The molecule has 0 bridgehead atoms. The van der Waals surface area contributed by atoms with Crippen LogP contribution in [0, 0.1) is 34.5 Å². The zero-order chi connectivity index (χ0) is 18.1. The molecule has 0 aromatic heterocycles. The van der Waals surface area contributed by atoms with E-state index in [4.69, 9.17) is 4.74 Å². The first kappa shape index (κ1) is 18.0. The van der Waals surface area contributed by atoms with Crippen LogP contribution >= 0.6 is 0 Å². The average Bonchev–Trinajstić information content (AvgIpc) is 2.67. The monoisotopic (exact) mass is 330 g/mol. The summed E-state index contributed by atoms with van der Waals surface area (Å²) in [5.74, 6) is -0.781. The van der Waals surface area contributed by atoms with Crippen LogP contribution in [0.2, 0.25) is 0 Å². The molecule has 4 nitrogen and oxygen atoms in total. The number of carbonyl (C=O) groups excluding carboxylic acids is 1. The van der Waals surface area contributed by atoms with Crippen LogP contribution in [-0.4, -0.2) is 12.9 Å². The number of benzene rings is 2. The second kappa shape index (κ2) is 9.05. The molecule has 1 atom stereocenters. The topological polar surface area (TPSA) is 73.9 Å². The van der Waals surface area contributed by atoms with Crippen molar-refractivity contribution in [3.8, 4) is 17.9 Å². The largest absolute Gasteiger partial charge is 0.497 e. The minimum Gasteiger partial charge on any atom is -0.497 e. The lowest BCUT2D eigenvalue weighted by Gasteiger charge is -2.12. The molecule has 0 unspecified atom stereocenters. The highest BCUT2D eigenvalue weighted by Crippen LogP contribution is 2.22. The van der Waals surface area contributed by atoms with Crippen molar-refractivity contribution < 1.29 is 9.53 Å². The van der Waals surface area contributed by atoms with E-state index in [2.05, 4.69) is 0 Å². The number of hydrogen-bond donors (Lipinski definition) is 0. The maximum atomic E-state index is 12.5. The van der Waals surface area contributed by atoms with E-state index in [1.807, 2.05) is 48.5 Å². The van der Waals surface area contributed by atoms with Gasteiger partial charge >= 0.3 is 0 Å². The van der Waals surface area contributed by atoms with E-state index in [1.165, 1.54) is 0 Å². The van der Waals surface area contributed by atoms with Crippen LogP contribution in [0.15, 0.2) is 60.7 Å². The highest BCUT2D eigenvalue weighted by molar-refractivity contribution is 5.96. The smallest absolute Gasteiger partial charge is 0.163 e. The fraction of sp³-hybridized carbons (Fsp3) is 0.190. The third-order valence-corrected chi connectivity index (χ3v) is 3.87. The average molecular weight is 330 g/mol. The summed E-state index contributed by atoms with van der Waals surface area (Å²) in [6, 6.07) is 20.3. The molecule has 0 N–H and O–H groups in total. The molecule has 124 valence electrons. The minimum atomic E-state index is -0.873. The zero-order valence-electron chi connectivity index (χ0n) is 13.9. The molecule has 0 saturated heterocycles. The summed E-state index contributed by atoms with van der Waals surface area (Å²) < 4.78 is 5.08. The van der Waals surface area contributed by atoms with Crippen molar-refractivity contribution in [3.63, 3.8) is 0 Å². The number of nitriles is 2. The number of allylic oxidation sites excluding steroid dienone is 1. The molecule has 4 heteroatoms. The lowest BCUT2D eigenvalue weighted by molar-refractivity contribution is 0.0966. The van der Waals surface area contributed by atoms with Gasteiger partial charge in [0, 0.05) is 17.9 Å². The van der Waals surface area contributed by atoms with Gasteiger partial charge in [0.15, 0.2) is 5.78 Å². The Hall–Kier alpha value is -3.37. The van der Waals surface area contributed by atoms with E-state index in [-0.39, 0.29) is 12.2 Å². The highest BCUT2D eigenvalue weighted by atomic mass is 16.5. The Labute approximate surface area is 147 Å². The molecule has 0 aliphatic rings. The van der Waals surface area contributed by atoms with Crippen LogP contribution in [0.3, 0.4) is 0 Å². The molecular weight excluding hydrogens is 312 g/mol. The van der Waals surface area contributed by atoms with Gasteiger partial charge in [-0.1, -0.05) is 42.5 Å². The van der Waals surface area contributed by atoms with Crippen molar-refractivity contribution in [1.82, 2.24) is 0 Å². The molecule has 0 amide bonds. The summed E-state index contributed by atoms with van der Waals surface area (Å²) in [6.45, 7) is 0. The summed E-state index contributed by atoms with van der Waals surface area (Å²) in [6.07, 6.45) is 3.71. The summed E-state index contributed by atoms with van der Waals surface area (Å²) in [4.78, 5) is 12.5. The number of methoxy groups -OCH3 is 1. The molecule has 0 fully saturated rings. The molecule has 0 spiro atoms. The first-order valence-electron chi connectivity index (χ1n) is 7.87. The Morgan fingerprint density at radius 3 is 2.28 bits per heavy atom. The van der Waals surface area contributed by atoms with E-state index in [1.54, 1.807) is 37.5 Å². The van der Waals surface area contributed by atoms with Gasteiger partial charge in [-0.2, -0.15) is 10.5 Å². The van der Waals surface area contributed by atoms with Gasteiger partial charge in [-0.15, -0.1) is 0 Å². The Morgan fingerprint density at radius 1 is 1.08 bits per heavy atom. The van der Waals surface area contributed by atoms with Gasteiger partial charge in [0.25, 0.3) is 0 Å². The molecule has 0 radical (unpaired) electrons. The van der Waals surface area contributed by atoms with Crippen LogP contribution in [0.25, 0.3) is 6.08 Å². The minimum absolute atomic E-state index is 0.0987. The van der Waals surface area contributed by atoms with E-state index in [0.29, 0.717) is 11.3 Å². The lowest BCUT2D eigenvalue weighted by atomic mass is 9.87. The molecule has 0 aliphatic carbocycles. The number of Topliss-reactive ketones (excluding diaryl/α,β-unsaturated/α-hetero) is 1. The van der Waals surface area contributed by atoms with Crippen LogP contribution in [0.4, 0.5) is 0 Å². The number of nitrogens with zero attached hydrogens (tertiary/aromatic N) is 2. The van der Waals surface area contributed by atoms with Crippen LogP contribution in [-0.2, 0) is 0 Å². The summed E-state index contributed by atoms with van der Waals surface area (Å²) in [7, 11) is 1.56. The first-order chi connectivity index (χ1) is 12.2. The predicted octanol–water partition coefficient (Wildman–Crippen LogP) is 4.26. The SMILES string of the molecule is COc1ccc(C(=O)C[C@@H](/C=C/c2ccccc2)C(C#N)C#N)cc1. The second-order valence-electron chi connectivity index (χ2n) is 5.53. The second-order valence-corrected chi connectivity index (χ2v) is 5.53.